The fraction of sp³-hybridized carbons (Fsp3) is 0.533. The molecule has 1 aliphatic heterocycles. The van der Waals surface area contributed by atoms with Crippen LogP contribution >= 0.6 is 11.6 Å². The molecule has 0 spiro atoms. The van der Waals surface area contributed by atoms with Crippen LogP contribution in [0.5, 0.6) is 0 Å². The van der Waals surface area contributed by atoms with Gasteiger partial charge in [0.05, 0.1) is 13.2 Å². The average molecular weight is 298 g/mol. The smallest absolute Gasteiger partial charge is 0.410 e. The zero-order chi connectivity index (χ0) is 14.9. The van der Waals surface area contributed by atoms with Crippen molar-refractivity contribution in [2.24, 2.45) is 0 Å². The molecule has 0 saturated carbocycles. The Labute approximate surface area is 124 Å². The largest absolute Gasteiger partial charge is 0.444 e. The number of ether oxygens (including phenoxy) is 2. The predicted octanol–water partition coefficient (Wildman–Crippen LogP) is 3.78. The van der Waals surface area contributed by atoms with Crippen molar-refractivity contribution < 1.29 is 14.3 Å². The SMILES string of the molecule is CN(CC1OCc2c(Cl)cccc21)C(=O)OC(C)(C)C. The van der Waals surface area contributed by atoms with Crippen LogP contribution in [-0.4, -0.2) is 30.2 Å². The highest BCUT2D eigenvalue weighted by Gasteiger charge is 2.28. The molecule has 0 aromatic heterocycles. The highest BCUT2D eigenvalue weighted by Crippen LogP contribution is 2.35. The topological polar surface area (TPSA) is 38.8 Å². The summed E-state index contributed by atoms with van der Waals surface area (Å²) in [6, 6.07) is 5.74. The predicted molar refractivity (Wildman–Crippen MR) is 77.8 cm³/mol. The number of fused-ring (bicyclic) bond motifs is 1. The Balaban J connectivity index is 2.03. The van der Waals surface area contributed by atoms with Gasteiger partial charge in [0.1, 0.15) is 11.7 Å². The zero-order valence-electron chi connectivity index (χ0n) is 12.3. The van der Waals surface area contributed by atoms with Crippen LogP contribution in [0.1, 0.15) is 38.0 Å². The Hall–Kier alpha value is -1.26. The summed E-state index contributed by atoms with van der Waals surface area (Å²) in [6.45, 7) is 6.48. The first kappa shape index (κ1) is 15.1. The van der Waals surface area contributed by atoms with E-state index in [-0.39, 0.29) is 12.2 Å². The van der Waals surface area contributed by atoms with Crippen LogP contribution in [0.4, 0.5) is 4.79 Å². The molecule has 1 aliphatic rings. The molecule has 1 aromatic carbocycles. The Morgan fingerprint density at radius 2 is 2.20 bits per heavy atom. The fourth-order valence-corrected chi connectivity index (χ4v) is 2.35. The number of hydrogen-bond donors (Lipinski definition) is 0. The van der Waals surface area contributed by atoms with Crippen LogP contribution in [0.3, 0.4) is 0 Å². The minimum Gasteiger partial charge on any atom is -0.444 e. The molecule has 0 saturated heterocycles. The molecule has 0 aliphatic carbocycles. The summed E-state index contributed by atoms with van der Waals surface area (Å²) in [5, 5.41) is 0.713. The van der Waals surface area contributed by atoms with E-state index in [1.807, 2.05) is 39.0 Å². The Morgan fingerprint density at radius 1 is 1.50 bits per heavy atom. The fourth-order valence-electron chi connectivity index (χ4n) is 2.12. The van der Waals surface area contributed by atoms with Crippen LogP contribution < -0.4 is 0 Å². The second-order valence-corrected chi connectivity index (χ2v) is 6.38. The summed E-state index contributed by atoms with van der Waals surface area (Å²) in [4.78, 5) is 13.5. The second kappa shape index (κ2) is 5.62. The number of halogens is 1. The van der Waals surface area contributed by atoms with Crippen molar-refractivity contribution in [2.75, 3.05) is 13.6 Å². The van der Waals surface area contributed by atoms with Gasteiger partial charge in [-0.3, -0.25) is 0 Å². The van der Waals surface area contributed by atoms with Crippen molar-refractivity contribution in [3.63, 3.8) is 0 Å². The maximum Gasteiger partial charge on any atom is 0.410 e. The quantitative estimate of drug-likeness (QED) is 0.834. The van der Waals surface area contributed by atoms with E-state index < -0.39 is 5.60 Å². The zero-order valence-corrected chi connectivity index (χ0v) is 13.0. The summed E-state index contributed by atoms with van der Waals surface area (Å²) >= 11 is 6.14. The van der Waals surface area contributed by atoms with Crippen molar-refractivity contribution in [3.05, 3.63) is 34.3 Å². The molecule has 0 N–H and O–H groups in total. The van der Waals surface area contributed by atoms with E-state index in [9.17, 15) is 4.79 Å². The van der Waals surface area contributed by atoms with E-state index in [1.54, 1.807) is 7.05 Å². The Bertz CT molecular complexity index is 510. The van der Waals surface area contributed by atoms with Crippen molar-refractivity contribution in [1.82, 2.24) is 4.90 Å². The van der Waals surface area contributed by atoms with Crippen LogP contribution in [0, 0.1) is 0 Å². The molecule has 4 nitrogen and oxygen atoms in total. The summed E-state index contributed by atoms with van der Waals surface area (Å²) in [7, 11) is 1.71. The molecule has 1 aromatic rings. The molecule has 1 atom stereocenters. The number of nitrogens with zero attached hydrogens (tertiary/aromatic N) is 1. The van der Waals surface area contributed by atoms with Gasteiger partial charge in [-0.1, -0.05) is 23.7 Å². The molecule has 110 valence electrons. The number of rotatable bonds is 2. The summed E-state index contributed by atoms with van der Waals surface area (Å²) < 4.78 is 11.0. The lowest BCUT2D eigenvalue weighted by Gasteiger charge is -2.26. The first-order valence-electron chi connectivity index (χ1n) is 6.61. The standard InChI is InChI=1S/C15H20ClNO3/c1-15(2,3)20-14(18)17(4)8-13-10-6-5-7-12(16)11(10)9-19-13/h5-7,13H,8-9H2,1-4H3. The van der Waals surface area contributed by atoms with Gasteiger partial charge in [0, 0.05) is 17.6 Å². The third-order valence-corrected chi connectivity index (χ3v) is 3.43. The first-order valence-corrected chi connectivity index (χ1v) is 6.99. The molecular formula is C15H20ClNO3. The molecule has 0 bridgehead atoms. The Kier molecular flexibility index (Phi) is 4.25. The molecule has 5 heteroatoms. The van der Waals surface area contributed by atoms with Gasteiger partial charge in [-0.05, 0) is 32.4 Å². The monoisotopic (exact) mass is 297 g/mol. The van der Waals surface area contributed by atoms with Crippen molar-refractivity contribution in [2.45, 2.75) is 39.1 Å². The lowest BCUT2D eigenvalue weighted by molar-refractivity contribution is 0.00747. The van der Waals surface area contributed by atoms with Crippen LogP contribution in [0.25, 0.3) is 0 Å². The number of carbonyl (C=O) groups excluding carboxylic acids is 1. The van der Waals surface area contributed by atoms with Crippen LogP contribution in [0.15, 0.2) is 18.2 Å². The van der Waals surface area contributed by atoms with Gasteiger partial charge in [-0.2, -0.15) is 0 Å². The molecule has 1 unspecified atom stereocenters. The number of carbonyl (C=O) groups is 1. The lowest BCUT2D eigenvalue weighted by atomic mass is 10.1. The van der Waals surface area contributed by atoms with Gasteiger partial charge < -0.3 is 14.4 Å². The van der Waals surface area contributed by atoms with Crippen molar-refractivity contribution >= 4 is 17.7 Å². The highest BCUT2D eigenvalue weighted by molar-refractivity contribution is 6.31. The normalized spacial score (nSPS) is 17.8. The van der Waals surface area contributed by atoms with Gasteiger partial charge in [-0.15, -0.1) is 0 Å². The van der Waals surface area contributed by atoms with Crippen LogP contribution in [-0.2, 0) is 16.1 Å². The van der Waals surface area contributed by atoms with E-state index in [2.05, 4.69) is 0 Å². The van der Waals surface area contributed by atoms with Crippen LogP contribution in [0.2, 0.25) is 5.02 Å². The minimum absolute atomic E-state index is 0.152. The maximum absolute atomic E-state index is 11.9. The molecule has 20 heavy (non-hydrogen) atoms. The number of amides is 1. The maximum atomic E-state index is 11.9. The summed E-state index contributed by atoms with van der Waals surface area (Å²) in [5.41, 5.74) is 1.56. The summed E-state index contributed by atoms with van der Waals surface area (Å²) in [6.07, 6.45) is -0.502. The number of likely N-dealkylation sites (N-methyl/N-ethyl adjacent to an activating group) is 1. The molecule has 1 amide bonds. The van der Waals surface area contributed by atoms with E-state index >= 15 is 0 Å². The molecule has 0 fully saturated rings. The molecule has 2 rings (SSSR count). The highest BCUT2D eigenvalue weighted by atomic mass is 35.5. The van der Waals surface area contributed by atoms with Gasteiger partial charge in [0.25, 0.3) is 0 Å². The molecule has 0 radical (unpaired) electrons. The van der Waals surface area contributed by atoms with E-state index in [0.717, 1.165) is 11.1 Å². The molecular weight excluding hydrogens is 278 g/mol. The van der Waals surface area contributed by atoms with E-state index in [0.29, 0.717) is 18.2 Å². The van der Waals surface area contributed by atoms with E-state index in [4.69, 9.17) is 21.1 Å². The number of benzene rings is 1. The third kappa shape index (κ3) is 3.44. The molecule has 1 heterocycles. The lowest BCUT2D eigenvalue weighted by Crippen LogP contribution is -2.36. The summed E-state index contributed by atoms with van der Waals surface area (Å²) in [5.74, 6) is 0. The van der Waals surface area contributed by atoms with Crippen molar-refractivity contribution in [1.29, 1.82) is 0 Å². The average Bonchev–Trinajstić information content (AvgIpc) is 2.72. The number of hydrogen-bond acceptors (Lipinski definition) is 3. The van der Waals surface area contributed by atoms with Gasteiger partial charge in [0.2, 0.25) is 0 Å². The van der Waals surface area contributed by atoms with E-state index in [1.165, 1.54) is 4.90 Å². The van der Waals surface area contributed by atoms with Gasteiger partial charge >= 0.3 is 6.09 Å². The van der Waals surface area contributed by atoms with Gasteiger partial charge in [-0.25, -0.2) is 4.79 Å². The Morgan fingerprint density at radius 3 is 2.85 bits per heavy atom. The second-order valence-electron chi connectivity index (χ2n) is 5.97. The van der Waals surface area contributed by atoms with Crippen molar-refractivity contribution in [3.8, 4) is 0 Å². The third-order valence-electron chi connectivity index (χ3n) is 3.08. The minimum atomic E-state index is -0.497. The first-order chi connectivity index (χ1) is 9.28. The van der Waals surface area contributed by atoms with Gasteiger partial charge in [0.15, 0.2) is 0 Å².